The van der Waals surface area contributed by atoms with Crippen LogP contribution in [-0.2, 0) is 11.3 Å². The van der Waals surface area contributed by atoms with Gasteiger partial charge in [0.25, 0.3) is 5.91 Å². The average molecular weight is 266 g/mol. The Morgan fingerprint density at radius 1 is 1.26 bits per heavy atom. The lowest BCUT2D eigenvalue weighted by Gasteiger charge is -2.26. The smallest absolute Gasteiger partial charge is 0.273 e. The molecule has 1 N–H and O–H groups in total. The first-order valence-electron chi connectivity index (χ1n) is 6.61. The van der Waals surface area contributed by atoms with Gasteiger partial charge in [-0.3, -0.25) is 14.4 Å². The SMILES string of the molecule is O=C1NCCOc2cnn(CCN3CCOCC3)c21. The van der Waals surface area contributed by atoms with Crippen molar-refractivity contribution in [3.05, 3.63) is 11.9 Å². The highest BCUT2D eigenvalue weighted by Gasteiger charge is 2.22. The van der Waals surface area contributed by atoms with Gasteiger partial charge in [0.15, 0.2) is 11.4 Å². The minimum absolute atomic E-state index is 0.105. The Morgan fingerprint density at radius 3 is 2.95 bits per heavy atom. The molecule has 0 bridgehead atoms. The molecule has 0 radical (unpaired) electrons. The van der Waals surface area contributed by atoms with Crippen LogP contribution in [0.3, 0.4) is 0 Å². The second kappa shape index (κ2) is 5.58. The van der Waals surface area contributed by atoms with E-state index in [4.69, 9.17) is 9.47 Å². The predicted molar refractivity (Wildman–Crippen MR) is 67.3 cm³/mol. The Hall–Kier alpha value is -1.60. The Bertz CT molecular complexity index is 454. The zero-order valence-electron chi connectivity index (χ0n) is 10.8. The molecule has 7 heteroatoms. The van der Waals surface area contributed by atoms with E-state index in [1.165, 1.54) is 0 Å². The van der Waals surface area contributed by atoms with Crippen molar-refractivity contribution in [1.82, 2.24) is 20.0 Å². The topological polar surface area (TPSA) is 68.6 Å². The highest BCUT2D eigenvalue weighted by Crippen LogP contribution is 2.19. The van der Waals surface area contributed by atoms with Gasteiger partial charge in [0.1, 0.15) is 6.61 Å². The van der Waals surface area contributed by atoms with Crippen molar-refractivity contribution < 1.29 is 14.3 Å². The number of carbonyl (C=O) groups excluding carboxylic acids is 1. The minimum atomic E-state index is -0.105. The number of morpholine rings is 1. The van der Waals surface area contributed by atoms with Crippen LogP contribution in [0.15, 0.2) is 6.20 Å². The molecule has 1 saturated heterocycles. The van der Waals surface area contributed by atoms with E-state index in [2.05, 4.69) is 15.3 Å². The molecule has 0 spiro atoms. The Morgan fingerprint density at radius 2 is 2.11 bits per heavy atom. The molecule has 0 aliphatic carbocycles. The number of ether oxygens (including phenoxy) is 2. The summed E-state index contributed by atoms with van der Waals surface area (Å²) in [6, 6.07) is 0. The van der Waals surface area contributed by atoms with Gasteiger partial charge in [-0.1, -0.05) is 0 Å². The van der Waals surface area contributed by atoms with Crippen molar-refractivity contribution in [2.24, 2.45) is 0 Å². The highest BCUT2D eigenvalue weighted by atomic mass is 16.5. The first-order valence-corrected chi connectivity index (χ1v) is 6.61. The molecule has 0 saturated carbocycles. The summed E-state index contributed by atoms with van der Waals surface area (Å²) in [6.45, 7) is 6.02. The molecule has 7 nitrogen and oxygen atoms in total. The van der Waals surface area contributed by atoms with Crippen LogP contribution >= 0.6 is 0 Å². The van der Waals surface area contributed by atoms with Gasteiger partial charge >= 0.3 is 0 Å². The van der Waals surface area contributed by atoms with Gasteiger partial charge in [0.2, 0.25) is 0 Å². The first-order chi connectivity index (χ1) is 9.34. The molecule has 1 amide bonds. The van der Waals surface area contributed by atoms with Crippen molar-refractivity contribution in [1.29, 1.82) is 0 Å². The zero-order valence-corrected chi connectivity index (χ0v) is 10.8. The molecule has 1 fully saturated rings. The van der Waals surface area contributed by atoms with E-state index in [1.54, 1.807) is 10.9 Å². The van der Waals surface area contributed by atoms with E-state index < -0.39 is 0 Å². The molecule has 3 heterocycles. The summed E-state index contributed by atoms with van der Waals surface area (Å²) < 4.78 is 12.5. The Balaban J connectivity index is 1.67. The van der Waals surface area contributed by atoms with Crippen LogP contribution in [0, 0.1) is 0 Å². The summed E-state index contributed by atoms with van der Waals surface area (Å²) in [5, 5.41) is 7.05. The highest BCUT2D eigenvalue weighted by molar-refractivity contribution is 5.95. The van der Waals surface area contributed by atoms with Gasteiger partial charge in [0, 0.05) is 19.6 Å². The second-order valence-corrected chi connectivity index (χ2v) is 4.64. The molecular formula is C12H18N4O3. The first kappa shape index (κ1) is 12.4. The van der Waals surface area contributed by atoms with Crippen LogP contribution < -0.4 is 10.1 Å². The quantitative estimate of drug-likeness (QED) is 0.786. The summed E-state index contributed by atoms with van der Waals surface area (Å²) in [5.74, 6) is 0.476. The largest absolute Gasteiger partial charge is 0.488 e. The fourth-order valence-corrected chi connectivity index (χ4v) is 2.34. The van der Waals surface area contributed by atoms with Crippen molar-refractivity contribution in [2.45, 2.75) is 6.54 Å². The standard InChI is InChI=1S/C12H18N4O3/c17-12-11-10(19-6-1-13-12)9-14-16(11)3-2-15-4-7-18-8-5-15/h9H,1-8H2,(H,13,17). The summed E-state index contributed by atoms with van der Waals surface area (Å²) in [7, 11) is 0. The van der Waals surface area contributed by atoms with Gasteiger partial charge in [-0.25, -0.2) is 0 Å². The lowest BCUT2D eigenvalue weighted by molar-refractivity contribution is 0.0358. The third kappa shape index (κ3) is 2.71. The summed E-state index contributed by atoms with van der Waals surface area (Å²) in [6.07, 6.45) is 1.62. The van der Waals surface area contributed by atoms with Crippen LogP contribution in [0.1, 0.15) is 10.5 Å². The van der Waals surface area contributed by atoms with Crippen LogP contribution in [-0.4, -0.2) is 66.6 Å². The van der Waals surface area contributed by atoms with Crippen LogP contribution in [0.25, 0.3) is 0 Å². The van der Waals surface area contributed by atoms with E-state index in [-0.39, 0.29) is 5.91 Å². The Labute approximate surface area is 111 Å². The second-order valence-electron chi connectivity index (χ2n) is 4.64. The van der Waals surface area contributed by atoms with Crippen molar-refractivity contribution in [3.8, 4) is 5.75 Å². The average Bonchev–Trinajstić information content (AvgIpc) is 2.76. The molecule has 0 unspecified atom stereocenters. The fraction of sp³-hybridized carbons (Fsp3) is 0.667. The number of carbonyl (C=O) groups is 1. The predicted octanol–water partition coefficient (Wildman–Crippen LogP) is -0.662. The monoisotopic (exact) mass is 266 g/mol. The van der Waals surface area contributed by atoms with E-state index in [1.807, 2.05) is 0 Å². The van der Waals surface area contributed by atoms with E-state index in [9.17, 15) is 4.79 Å². The molecule has 2 aliphatic rings. The zero-order chi connectivity index (χ0) is 13.1. The lowest BCUT2D eigenvalue weighted by atomic mass is 10.3. The van der Waals surface area contributed by atoms with Gasteiger partial charge < -0.3 is 14.8 Å². The fourth-order valence-electron chi connectivity index (χ4n) is 2.34. The molecule has 104 valence electrons. The van der Waals surface area contributed by atoms with E-state index in [0.29, 0.717) is 31.1 Å². The van der Waals surface area contributed by atoms with Crippen molar-refractivity contribution in [3.63, 3.8) is 0 Å². The van der Waals surface area contributed by atoms with Gasteiger partial charge in [-0.2, -0.15) is 5.10 Å². The minimum Gasteiger partial charge on any atom is -0.488 e. The molecule has 1 aromatic rings. The number of hydrogen-bond acceptors (Lipinski definition) is 5. The third-order valence-corrected chi connectivity index (χ3v) is 3.40. The number of amides is 1. The summed E-state index contributed by atoms with van der Waals surface area (Å²) >= 11 is 0. The van der Waals surface area contributed by atoms with Crippen LogP contribution in [0.5, 0.6) is 5.75 Å². The number of aromatic nitrogens is 2. The maximum atomic E-state index is 12.0. The lowest BCUT2D eigenvalue weighted by Crippen LogP contribution is -2.38. The van der Waals surface area contributed by atoms with Gasteiger partial charge in [-0.15, -0.1) is 0 Å². The van der Waals surface area contributed by atoms with Crippen molar-refractivity contribution >= 4 is 5.91 Å². The third-order valence-electron chi connectivity index (χ3n) is 3.40. The Kier molecular flexibility index (Phi) is 3.65. The number of fused-ring (bicyclic) bond motifs is 1. The molecule has 0 atom stereocenters. The van der Waals surface area contributed by atoms with Crippen LogP contribution in [0.4, 0.5) is 0 Å². The van der Waals surface area contributed by atoms with Gasteiger partial charge in [-0.05, 0) is 0 Å². The molecule has 19 heavy (non-hydrogen) atoms. The molecule has 0 aromatic carbocycles. The maximum Gasteiger partial charge on any atom is 0.273 e. The molecular weight excluding hydrogens is 248 g/mol. The van der Waals surface area contributed by atoms with E-state index >= 15 is 0 Å². The number of nitrogens with one attached hydrogen (secondary N) is 1. The van der Waals surface area contributed by atoms with Crippen LogP contribution in [0.2, 0.25) is 0 Å². The maximum absolute atomic E-state index is 12.0. The normalized spacial score (nSPS) is 20.3. The van der Waals surface area contributed by atoms with E-state index in [0.717, 1.165) is 32.8 Å². The molecule has 2 aliphatic heterocycles. The number of rotatable bonds is 3. The number of nitrogens with zero attached hydrogens (tertiary/aromatic N) is 3. The number of hydrogen-bond donors (Lipinski definition) is 1. The molecule has 1 aromatic heterocycles. The molecule has 3 rings (SSSR count). The van der Waals surface area contributed by atoms with Crippen molar-refractivity contribution in [2.75, 3.05) is 46.0 Å². The summed E-state index contributed by atoms with van der Waals surface area (Å²) in [4.78, 5) is 14.3. The summed E-state index contributed by atoms with van der Waals surface area (Å²) in [5.41, 5.74) is 0.533. The van der Waals surface area contributed by atoms with Gasteiger partial charge in [0.05, 0.1) is 32.5 Å².